The van der Waals surface area contributed by atoms with Gasteiger partial charge in [0.2, 0.25) is 5.82 Å². The average Bonchev–Trinajstić information content (AvgIpc) is 3.51. The standard InChI is InChI=1S/C19H21N7O2/c27-10-19(8-13-4-2-1-3-5-13)9-14-6-7-15(19)26(14)17(28)16-22-18(24-23-16)25-11-20-21-12-25/h1-5,11-12,14-15,27H,6-10H2,(H,22,23,24)/t14-,15+,19-/m1/s1. The van der Waals surface area contributed by atoms with Gasteiger partial charge in [0.25, 0.3) is 11.9 Å². The van der Waals surface area contributed by atoms with E-state index in [1.54, 1.807) is 4.57 Å². The van der Waals surface area contributed by atoms with Gasteiger partial charge in [-0.25, -0.2) is 0 Å². The minimum absolute atomic E-state index is 0.00123. The zero-order valence-electron chi connectivity index (χ0n) is 15.3. The quantitative estimate of drug-likeness (QED) is 0.683. The summed E-state index contributed by atoms with van der Waals surface area (Å²) in [4.78, 5) is 19.4. The van der Waals surface area contributed by atoms with E-state index in [0.29, 0.717) is 5.95 Å². The number of benzene rings is 1. The largest absolute Gasteiger partial charge is 0.396 e. The van der Waals surface area contributed by atoms with Gasteiger partial charge in [0.15, 0.2) is 0 Å². The molecular weight excluding hydrogens is 358 g/mol. The fraction of sp³-hybridized carbons (Fsp3) is 0.421. The molecule has 0 saturated carbocycles. The molecule has 2 N–H and O–H groups in total. The van der Waals surface area contributed by atoms with Crippen molar-refractivity contribution in [2.75, 3.05) is 6.61 Å². The third-order valence-electron chi connectivity index (χ3n) is 6.13. The van der Waals surface area contributed by atoms with Crippen molar-refractivity contribution in [3.05, 3.63) is 54.4 Å². The number of nitrogens with one attached hydrogen (secondary N) is 1. The number of hydrogen-bond donors (Lipinski definition) is 2. The van der Waals surface area contributed by atoms with Crippen LogP contribution < -0.4 is 0 Å². The molecule has 9 nitrogen and oxygen atoms in total. The minimum atomic E-state index is -0.308. The lowest BCUT2D eigenvalue weighted by molar-refractivity contribution is 0.0562. The molecule has 28 heavy (non-hydrogen) atoms. The molecule has 2 aliphatic heterocycles. The highest BCUT2D eigenvalue weighted by Crippen LogP contribution is 2.51. The van der Waals surface area contributed by atoms with E-state index in [2.05, 4.69) is 37.5 Å². The van der Waals surface area contributed by atoms with E-state index in [9.17, 15) is 9.90 Å². The molecule has 9 heteroatoms. The summed E-state index contributed by atoms with van der Waals surface area (Å²) in [6.45, 7) is 0.0647. The van der Waals surface area contributed by atoms with E-state index in [0.717, 1.165) is 25.7 Å². The molecular formula is C19H21N7O2. The van der Waals surface area contributed by atoms with Crippen molar-refractivity contribution in [1.82, 2.24) is 34.8 Å². The molecule has 3 aromatic rings. The van der Waals surface area contributed by atoms with Crippen LogP contribution in [-0.4, -0.2) is 64.5 Å². The summed E-state index contributed by atoms with van der Waals surface area (Å²) in [6.07, 6.45) is 6.38. The highest BCUT2D eigenvalue weighted by atomic mass is 16.3. The SMILES string of the molecule is O=C(c1nc(-n2cnnc2)n[nH]1)N1[C@@H]2CC[C@H]1[C@](CO)(Cc1ccccc1)C2. The third-order valence-corrected chi connectivity index (χ3v) is 6.13. The zero-order chi connectivity index (χ0) is 19.1. The van der Waals surface area contributed by atoms with Crippen LogP contribution in [0.15, 0.2) is 43.0 Å². The van der Waals surface area contributed by atoms with Crippen LogP contribution >= 0.6 is 0 Å². The summed E-state index contributed by atoms with van der Waals surface area (Å²) >= 11 is 0. The van der Waals surface area contributed by atoms with Gasteiger partial charge in [-0.3, -0.25) is 14.5 Å². The van der Waals surface area contributed by atoms with E-state index in [1.807, 2.05) is 23.1 Å². The topological polar surface area (TPSA) is 113 Å². The molecule has 4 heterocycles. The van der Waals surface area contributed by atoms with Gasteiger partial charge in [-0.15, -0.1) is 15.3 Å². The molecule has 144 valence electrons. The number of rotatable bonds is 5. The van der Waals surface area contributed by atoms with E-state index in [4.69, 9.17) is 0 Å². The van der Waals surface area contributed by atoms with Gasteiger partial charge < -0.3 is 10.0 Å². The van der Waals surface area contributed by atoms with Crippen LogP contribution in [0, 0.1) is 5.41 Å². The molecule has 0 spiro atoms. The molecule has 2 aromatic heterocycles. The Kier molecular flexibility index (Phi) is 3.97. The summed E-state index contributed by atoms with van der Waals surface area (Å²) in [5, 5.41) is 24.6. The molecule has 1 amide bonds. The Morgan fingerprint density at radius 1 is 1.21 bits per heavy atom. The van der Waals surface area contributed by atoms with Gasteiger partial charge in [0.1, 0.15) is 12.7 Å². The normalized spacial score (nSPS) is 26.1. The second kappa shape index (κ2) is 6.52. The van der Waals surface area contributed by atoms with E-state index < -0.39 is 0 Å². The van der Waals surface area contributed by atoms with Gasteiger partial charge in [-0.05, 0) is 31.2 Å². The summed E-state index contributed by atoms with van der Waals surface area (Å²) in [5.74, 6) is 0.370. The Morgan fingerprint density at radius 3 is 2.75 bits per heavy atom. The van der Waals surface area contributed by atoms with Crippen molar-refractivity contribution in [2.45, 2.75) is 37.8 Å². The number of hydrogen-bond acceptors (Lipinski definition) is 6. The van der Waals surface area contributed by atoms with Crippen LogP contribution in [0.5, 0.6) is 0 Å². The highest BCUT2D eigenvalue weighted by Gasteiger charge is 2.57. The van der Waals surface area contributed by atoms with Crippen molar-refractivity contribution in [3.63, 3.8) is 0 Å². The van der Waals surface area contributed by atoms with Crippen LogP contribution in [-0.2, 0) is 6.42 Å². The van der Waals surface area contributed by atoms with Gasteiger partial charge in [0.05, 0.1) is 6.61 Å². The van der Waals surface area contributed by atoms with Crippen molar-refractivity contribution >= 4 is 5.91 Å². The lowest BCUT2D eigenvalue weighted by Crippen LogP contribution is -2.44. The first-order chi connectivity index (χ1) is 13.7. The Labute approximate surface area is 161 Å². The Bertz CT molecular complexity index is 971. The predicted octanol–water partition coefficient (Wildman–Crippen LogP) is 0.984. The van der Waals surface area contributed by atoms with Crippen LogP contribution in [0.4, 0.5) is 0 Å². The van der Waals surface area contributed by atoms with Crippen molar-refractivity contribution < 1.29 is 9.90 Å². The first-order valence-electron chi connectivity index (χ1n) is 9.45. The van der Waals surface area contributed by atoms with Gasteiger partial charge in [-0.2, -0.15) is 4.98 Å². The molecule has 5 rings (SSSR count). The maximum atomic E-state index is 13.2. The summed E-state index contributed by atoms with van der Waals surface area (Å²) in [5.41, 5.74) is 0.878. The van der Waals surface area contributed by atoms with E-state index in [1.165, 1.54) is 18.2 Å². The second-order valence-corrected chi connectivity index (χ2v) is 7.70. The smallest absolute Gasteiger partial charge is 0.291 e. The second-order valence-electron chi connectivity index (χ2n) is 7.70. The summed E-state index contributed by atoms with van der Waals surface area (Å²) < 4.78 is 1.54. The maximum absolute atomic E-state index is 13.2. The molecule has 2 saturated heterocycles. The number of aromatic amines is 1. The van der Waals surface area contributed by atoms with E-state index >= 15 is 0 Å². The molecule has 2 aliphatic rings. The van der Waals surface area contributed by atoms with E-state index in [-0.39, 0.29) is 35.8 Å². The number of H-pyrrole nitrogens is 1. The monoisotopic (exact) mass is 379 g/mol. The van der Waals surface area contributed by atoms with Crippen molar-refractivity contribution in [2.24, 2.45) is 5.41 Å². The molecule has 0 aliphatic carbocycles. The number of carbonyl (C=O) groups is 1. The number of carbonyl (C=O) groups excluding carboxylic acids is 1. The Hall–Kier alpha value is -3.07. The van der Waals surface area contributed by atoms with Crippen LogP contribution in [0.1, 0.15) is 35.4 Å². The number of aromatic nitrogens is 6. The minimum Gasteiger partial charge on any atom is -0.396 e. The van der Waals surface area contributed by atoms with Crippen LogP contribution in [0.25, 0.3) is 5.95 Å². The zero-order valence-corrected chi connectivity index (χ0v) is 15.3. The summed E-state index contributed by atoms with van der Waals surface area (Å²) in [6, 6.07) is 10.3. The first kappa shape index (κ1) is 17.1. The van der Waals surface area contributed by atoms with Gasteiger partial charge in [0, 0.05) is 17.5 Å². The van der Waals surface area contributed by atoms with Gasteiger partial charge in [-0.1, -0.05) is 30.3 Å². The fourth-order valence-electron chi connectivity index (χ4n) is 4.91. The molecule has 2 fully saturated rings. The Balaban J connectivity index is 1.41. The number of aliphatic hydroxyl groups excluding tert-OH is 1. The third kappa shape index (κ3) is 2.62. The number of amides is 1. The number of aliphatic hydroxyl groups is 1. The first-order valence-corrected chi connectivity index (χ1v) is 9.45. The fourth-order valence-corrected chi connectivity index (χ4v) is 4.91. The average molecular weight is 379 g/mol. The van der Waals surface area contributed by atoms with Gasteiger partial charge >= 0.3 is 0 Å². The molecule has 3 atom stereocenters. The van der Waals surface area contributed by atoms with Crippen molar-refractivity contribution in [1.29, 1.82) is 0 Å². The molecule has 1 aromatic carbocycles. The lowest BCUT2D eigenvalue weighted by atomic mass is 9.70. The maximum Gasteiger partial charge on any atom is 0.291 e. The predicted molar refractivity (Wildman–Crippen MR) is 98.6 cm³/mol. The Morgan fingerprint density at radius 2 is 2.00 bits per heavy atom. The molecule has 0 unspecified atom stereocenters. The highest BCUT2D eigenvalue weighted by molar-refractivity contribution is 5.91. The van der Waals surface area contributed by atoms with Crippen LogP contribution in [0.2, 0.25) is 0 Å². The number of nitrogens with zero attached hydrogens (tertiary/aromatic N) is 6. The number of fused-ring (bicyclic) bond motifs is 2. The lowest BCUT2D eigenvalue weighted by Gasteiger charge is -2.36. The molecule has 0 radical (unpaired) electrons. The van der Waals surface area contributed by atoms with Crippen LogP contribution in [0.3, 0.4) is 0 Å². The molecule has 2 bridgehead atoms. The summed E-state index contributed by atoms with van der Waals surface area (Å²) in [7, 11) is 0. The van der Waals surface area contributed by atoms with Crippen molar-refractivity contribution in [3.8, 4) is 5.95 Å².